The predicted octanol–water partition coefficient (Wildman–Crippen LogP) is 2.33. The Bertz CT molecular complexity index is 1200. The van der Waals surface area contributed by atoms with Gasteiger partial charge in [-0.25, -0.2) is 0 Å². The van der Waals surface area contributed by atoms with Gasteiger partial charge in [0.1, 0.15) is 6.33 Å². The molecule has 0 unspecified atom stereocenters. The highest BCUT2D eigenvalue weighted by molar-refractivity contribution is 6.00. The molecular formula is C21H20N6O2. The van der Waals surface area contributed by atoms with Gasteiger partial charge >= 0.3 is 0 Å². The first-order valence-corrected chi connectivity index (χ1v) is 9.80. The Balaban J connectivity index is 1.22. The van der Waals surface area contributed by atoms with E-state index in [0.29, 0.717) is 6.79 Å². The molecular weight excluding hydrogens is 368 g/mol. The molecule has 8 heteroatoms. The van der Waals surface area contributed by atoms with Crippen LogP contribution in [0.15, 0.2) is 48.8 Å². The Labute approximate surface area is 167 Å². The highest BCUT2D eigenvalue weighted by atomic mass is 16.7. The highest BCUT2D eigenvalue weighted by Crippen LogP contribution is 2.33. The van der Waals surface area contributed by atoms with Gasteiger partial charge in [-0.15, -0.1) is 15.3 Å². The molecule has 0 atom stereocenters. The maximum Gasteiger partial charge on any atom is 0.231 e. The molecule has 0 spiro atoms. The van der Waals surface area contributed by atoms with E-state index < -0.39 is 0 Å². The van der Waals surface area contributed by atoms with Gasteiger partial charge in [0.25, 0.3) is 0 Å². The van der Waals surface area contributed by atoms with Gasteiger partial charge in [-0.05, 0) is 17.7 Å². The normalized spacial score (nSPS) is 16.8. The van der Waals surface area contributed by atoms with Crippen molar-refractivity contribution in [1.29, 1.82) is 0 Å². The van der Waals surface area contributed by atoms with Crippen molar-refractivity contribution in [2.75, 3.05) is 37.9 Å². The number of hydrogen-bond donors (Lipinski definition) is 0. The lowest BCUT2D eigenvalue weighted by Crippen LogP contribution is -2.46. The molecule has 0 radical (unpaired) electrons. The van der Waals surface area contributed by atoms with Gasteiger partial charge in [0.05, 0.1) is 0 Å². The summed E-state index contributed by atoms with van der Waals surface area (Å²) in [7, 11) is 0. The first-order valence-electron chi connectivity index (χ1n) is 9.80. The molecule has 4 aromatic rings. The van der Waals surface area contributed by atoms with Gasteiger partial charge in [-0.2, -0.15) is 4.52 Å². The minimum absolute atomic E-state index is 0.315. The number of rotatable bonds is 3. The van der Waals surface area contributed by atoms with Crippen molar-refractivity contribution in [3.05, 3.63) is 54.4 Å². The number of hydrogen-bond acceptors (Lipinski definition) is 7. The molecule has 0 bridgehead atoms. The Morgan fingerprint density at radius 1 is 0.897 bits per heavy atom. The molecule has 0 amide bonds. The molecule has 8 nitrogen and oxygen atoms in total. The second-order valence-corrected chi connectivity index (χ2v) is 7.42. The van der Waals surface area contributed by atoms with Crippen molar-refractivity contribution in [3.8, 4) is 11.5 Å². The van der Waals surface area contributed by atoms with Crippen LogP contribution in [0.4, 0.5) is 5.82 Å². The molecule has 4 heterocycles. The minimum Gasteiger partial charge on any atom is -0.454 e. The fraction of sp³-hybridized carbons (Fsp3) is 0.286. The van der Waals surface area contributed by atoms with E-state index in [2.05, 4.69) is 50.3 Å². The van der Waals surface area contributed by atoms with Crippen LogP contribution < -0.4 is 14.4 Å². The zero-order valence-electron chi connectivity index (χ0n) is 15.9. The Kier molecular flexibility index (Phi) is 3.76. The Hall–Kier alpha value is -3.39. The summed E-state index contributed by atoms with van der Waals surface area (Å²) in [5.41, 5.74) is 2.04. The topological polar surface area (TPSA) is 68.0 Å². The number of nitrogens with zero attached hydrogens (tertiary/aromatic N) is 6. The molecule has 2 aromatic heterocycles. The monoisotopic (exact) mass is 388 g/mol. The van der Waals surface area contributed by atoms with E-state index in [1.54, 1.807) is 10.8 Å². The van der Waals surface area contributed by atoms with Crippen molar-refractivity contribution in [2.45, 2.75) is 6.54 Å². The molecule has 2 aromatic carbocycles. The first-order chi connectivity index (χ1) is 14.3. The van der Waals surface area contributed by atoms with Gasteiger partial charge in [0.2, 0.25) is 6.79 Å². The second kappa shape index (κ2) is 6.59. The number of fused-ring (bicyclic) bond motifs is 4. The van der Waals surface area contributed by atoms with Crippen LogP contribution in [0.1, 0.15) is 5.56 Å². The third-order valence-electron chi connectivity index (χ3n) is 5.66. The van der Waals surface area contributed by atoms with Gasteiger partial charge < -0.3 is 14.4 Å². The van der Waals surface area contributed by atoms with Crippen LogP contribution in [0, 0.1) is 0 Å². The van der Waals surface area contributed by atoms with Crippen molar-refractivity contribution < 1.29 is 9.47 Å². The quantitative estimate of drug-likeness (QED) is 0.534. The van der Waals surface area contributed by atoms with E-state index in [0.717, 1.165) is 66.5 Å². The van der Waals surface area contributed by atoms with Gasteiger partial charge in [0, 0.05) is 43.5 Å². The fourth-order valence-electron chi connectivity index (χ4n) is 4.16. The van der Waals surface area contributed by atoms with Gasteiger partial charge in [0.15, 0.2) is 23.0 Å². The maximum atomic E-state index is 5.50. The van der Waals surface area contributed by atoms with Crippen molar-refractivity contribution in [2.24, 2.45) is 0 Å². The SMILES string of the molecule is c1ccc2c(c1)c(N1CCN(Cc3ccc4c(c3)OCO4)CC1)nn1cnnc21. The zero-order chi connectivity index (χ0) is 19.2. The number of benzene rings is 2. The molecule has 6 rings (SSSR count). The van der Waals surface area contributed by atoms with Crippen LogP contribution in [0.2, 0.25) is 0 Å². The van der Waals surface area contributed by atoms with E-state index in [4.69, 9.17) is 14.6 Å². The van der Waals surface area contributed by atoms with Crippen molar-refractivity contribution in [3.63, 3.8) is 0 Å². The van der Waals surface area contributed by atoms with Crippen LogP contribution >= 0.6 is 0 Å². The van der Waals surface area contributed by atoms with E-state index in [-0.39, 0.29) is 0 Å². The molecule has 29 heavy (non-hydrogen) atoms. The van der Waals surface area contributed by atoms with Crippen LogP contribution in [-0.2, 0) is 6.54 Å². The summed E-state index contributed by atoms with van der Waals surface area (Å²) in [6.07, 6.45) is 1.67. The Morgan fingerprint density at radius 2 is 1.72 bits per heavy atom. The summed E-state index contributed by atoms with van der Waals surface area (Å²) >= 11 is 0. The van der Waals surface area contributed by atoms with E-state index in [1.807, 2.05) is 12.1 Å². The average Bonchev–Trinajstić information content (AvgIpc) is 3.43. The average molecular weight is 388 g/mol. The lowest BCUT2D eigenvalue weighted by molar-refractivity contribution is 0.174. The largest absolute Gasteiger partial charge is 0.454 e. The summed E-state index contributed by atoms with van der Waals surface area (Å²) < 4.78 is 12.7. The number of aromatic nitrogens is 4. The molecule has 0 saturated carbocycles. The third-order valence-corrected chi connectivity index (χ3v) is 5.66. The number of ether oxygens (including phenoxy) is 2. The molecule has 2 aliphatic heterocycles. The van der Waals surface area contributed by atoms with E-state index in [1.165, 1.54) is 5.56 Å². The molecule has 0 aliphatic carbocycles. The predicted molar refractivity (Wildman–Crippen MR) is 108 cm³/mol. The lowest BCUT2D eigenvalue weighted by Gasteiger charge is -2.35. The second-order valence-electron chi connectivity index (χ2n) is 7.42. The lowest BCUT2D eigenvalue weighted by atomic mass is 10.1. The smallest absolute Gasteiger partial charge is 0.231 e. The van der Waals surface area contributed by atoms with Gasteiger partial charge in [-0.1, -0.05) is 30.3 Å². The summed E-state index contributed by atoms with van der Waals surface area (Å²) in [4.78, 5) is 4.82. The molecule has 1 saturated heterocycles. The van der Waals surface area contributed by atoms with Crippen LogP contribution in [0.3, 0.4) is 0 Å². The van der Waals surface area contributed by atoms with Crippen molar-refractivity contribution in [1.82, 2.24) is 24.7 Å². The van der Waals surface area contributed by atoms with Crippen molar-refractivity contribution >= 4 is 22.2 Å². The summed E-state index contributed by atoms with van der Waals surface area (Å²) in [5.74, 6) is 2.68. The molecule has 1 fully saturated rings. The number of anilines is 1. The summed E-state index contributed by atoms with van der Waals surface area (Å²) in [6.45, 7) is 5.03. The van der Waals surface area contributed by atoms with E-state index >= 15 is 0 Å². The van der Waals surface area contributed by atoms with Crippen LogP contribution in [-0.4, -0.2) is 57.7 Å². The number of piperazine rings is 1. The standard InChI is InChI=1S/C21H20N6O2/c1-2-4-17-16(3-1)20-23-22-13-27(20)24-21(17)26-9-7-25(8-10-26)12-15-5-6-18-19(11-15)29-14-28-18/h1-6,11,13H,7-10,12,14H2. The molecule has 0 N–H and O–H groups in total. The van der Waals surface area contributed by atoms with E-state index in [9.17, 15) is 0 Å². The molecule has 146 valence electrons. The maximum absolute atomic E-state index is 5.50. The first kappa shape index (κ1) is 16.6. The highest BCUT2D eigenvalue weighted by Gasteiger charge is 2.22. The summed E-state index contributed by atoms with van der Waals surface area (Å²) in [5, 5.41) is 15.3. The van der Waals surface area contributed by atoms with Crippen LogP contribution in [0.5, 0.6) is 11.5 Å². The zero-order valence-corrected chi connectivity index (χ0v) is 15.9. The summed E-state index contributed by atoms with van der Waals surface area (Å²) in [6, 6.07) is 14.5. The molecule has 2 aliphatic rings. The Morgan fingerprint density at radius 3 is 2.62 bits per heavy atom. The van der Waals surface area contributed by atoms with Crippen LogP contribution in [0.25, 0.3) is 16.4 Å². The minimum atomic E-state index is 0.315. The van der Waals surface area contributed by atoms with Gasteiger partial charge in [-0.3, -0.25) is 4.90 Å². The fourth-order valence-corrected chi connectivity index (χ4v) is 4.16. The third kappa shape index (κ3) is 2.84.